The lowest BCUT2D eigenvalue weighted by molar-refractivity contribution is -0.117. The second kappa shape index (κ2) is 10.3. The number of nitrogens with two attached hydrogens (primary N) is 1. The predicted octanol–water partition coefficient (Wildman–Crippen LogP) is 3.95. The minimum Gasteiger partial charge on any atom is -0.398 e. The van der Waals surface area contributed by atoms with Gasteiger partial charge >= 0.3 is 0 Å². The van der Waals surface area contributed by atoms with E-state index in [9.17, 15) is 9.59 Å². The normalized spacial score (nSPS) is 13.6. The monoisotopic (exact) mass is 430 g/mol. The van der Waals surface area contributed by atoms with Crippen molar-refractivity contribution in [2.75, 3.05) is 35.6 Å². The maximum Gasteiger partial charge on any atom is 0.253 e. The predicted molar refractivity (Wildman–Crippen MR) is 126 cm³/mol. The van der Waals surface area contributed by atoms with E-state index in [-0.39, 0.29) is 30.3 Å². The summed E-state index contributed by atoms with van der Waals surface area (Å²) in [5, 5.41) is 2.97. The second-order valence-corrected chi connectivity index (χ2v) is 7.37. The fourth-order valence-corrected chi connectivity index (χ4v) is 3.89. The molecule has 1 atom stereocenters. The van der Waals surface area contributed by atoms with E-state index in [2.05, 4.69) is 10.2 Å². The molecule has 7 heteroatoms. The highest BCUT2D eigenvalue weighted by molar-refractivity contribution is 5.99. The number of nitrogens with one attached hydrogen (secondary N) is 1. The number of halogens is 1. The third-order valence-electron chi connectivity index (χ3n) is 5.60. The van der Waals surface area contributed by atoms with E-state index in [1.807, 2.05) is 45.0 Å². The number of nitrogen functional groups attached to an aromatic ring is 1. The molecule has 0 saturated heterocycles. The number of rotatable bonds is 6. The molecular weight excluding hydrogens is 400 g/mol. The molecule has 2 aromatic carbocycles. The van der Waals surface area contributed by atoms with Gasteiger partial charge < -0.3 is 20.9 Å². The molecule has 2 amide bonds. The Morgan fingerprint density at radius 3 is 2.57 bits per heavy atom. The first-order valence-corrected chi connectivity index (χ1v) is 10.3. The Kier molecular flexibility index (Phi) is 8.12. The molecule has 0 radical (unpaired) electrons. The van der Waals surface area contributed by atoms with Crippen molar-refractivity contribution in [2.45, 2.75) is 39.7 Å². The highest BCUT2D eigenvalue weighted by Gasteiger charge is 2.27. The van der Waals surface area contributed by atoms with Gasteiger partial charge in [0.2, 0.25) is 5.91 Å². The number of amides is 2. The number of fused-ring (bicyclic) bond motifs is 1. The third kappa shape index (κ3) is 4.87. The first-order valence-electron chi connectivity index (χ1n) is 10.3. The average molecular weight is 431 g/mol. The van der Waals surface area contributed by atoms with Crippen molar-refractivity contribution >= 4 is 41.3 Å². The van der Waals surface area contributed by atoms with Gasteiger partial charge in [0.05, 0.1) is 0 Å². The summed E-state index contributed by atoms with van der Waals surface area (Å²) in [6, 6.07) is 12.7. The Bertz CT molecular complexity index is 899. The molecule has 1 unspecified atom stereocenters. The van der Waals surface area contributed by atoms with Gasteiger partial charge in [-0.25, -0.2) is 0 Å². The van der Waals surface area contributed by atoms with E-state index in [1.165, 1.54) is 0 Å². The summed E-state index contributed by atoms with van der Waals surface area (Å²) < 4.78 is 0. The number of nitrogens with zero attached hydrogens (tertiary/aromatic N) is 2. The lowest BCUT2D eigenvalue weighted by Gasteiger charge is -2.36. The minimum atomic E-state index is -0.349. The van der Waals surface area contributed by atoms with Crippen molar-refractivity contribution in [3.63, 3.8) is 0 Å². The minimum absolute atomic E-state index is 0. The lowest BCUT2D eigenvalue weighted by Crippen LogP contribution is -2.44. The third-order valence-corrected chi connectivity index (χ3v) is 5.60. The fraction of sp³-hybridized carbons (Fsp3) is 0.391. The molecule has 1 heterocycles. The van der Waals surface area contributed by atoms with Gasteiger partial charge in [0.25, 0.3) is 5.91 Å². The van der Waals surface area contributed by atoms with Crippen molar-refractivity contribution in [1.29, 1.82) is 0 Å². The van der Waals surface area contributed by atoms with Crippen LogP contribution in [0.1, 0.15) is 43.1 Å². The SMILES string of the molecule is CCN(CC)C(=O)c1cccc(NC(=O)C(C)N2CCCc3c(N)cccc32)c1.Cl. The highest BCUT2D eigenvalue weighted by Crippen LogP contribution is 2.32. The first-order chi connectivity index (χ1) is 14.0. The zero-order valence-corrected chi connectivity index (χ0v) is 18.7. The fourth-order valence-electron chi connectivity index (χ4n) is 3.89. The number of carbonyl (C=O) groups excluding carboxylic acids is 2. The Morgan fingerprint density at radius 1 is 1.17 bits per heavy atom. The van der Waals surface area contributed by atoms with Gasteiger partial charge in [0, 0.05) is 42.3 Å². The van der Waals surface area contributed by atoms with E-state index in [1.54, 1.807) is 23.1 Å². The molecule has 0 fully saturated rings. The van der Waals surface area contributed by atoms with Crippen LogP contribution < -0.4 is 16.0 Å². The Morgan fingerprint density at radius 2 is 1.87 bits per heavy atom. The van der Waals surface area contributed by atoms with Gasteiger partial charge in [-0.3, -0.25) is 9.59 Å². The van der Waals surface area contributed by atoms with Gasteiger partial charge in [-0.15, -0.1) is 12.4 Å². The van der Waals surface area contributed by atoms with Crippen LogP contribution >= 0.6 is 12.4 Å². The summed E-state index contributed by atoms with van der Waals surface area (Å²) in [4.78, 5) is 29.4. The number of hydrogen-bond donors (Lipinski definition) is 2. The van der Waals surface area contributed by atoms with Gasteiger partial charge in [-0.05, 0) is 69.5 Å². The van der Waals surface area contributed by atoms with Crippen molar-refractivity contribution in [3.8, 4) is 0 Å². The average Bonchev–Trinajstić information content (AvgIpc) is 2.74. The molecular formula is C23H31ClN4O2. The van der Waals surface area contributed by atoms with Gasteiger partial charge in [0.15, 0.2) is 0 Å². The lowest BCUT2D eigenvalue weighted by atomic mass is 9.98. The number of carbonyl (C=O) groups is 2. The summed E-state index contributed by atoms with van der Waals surface area (Å²) >= 11 is 0. The molecule has 0 saturated carbocycles. The van der Waals surface area contributed by atoms with Crippen LogP contribution in [-0.4, -0.2) is 42.4 Å². The van der Waals surface area contributed by atoms with Gasteiger partial charge in [-0.2, -0.15) is 0 Å². The van der Waals surface area contributed by atoms with E-state index >= 15 is 0 Å². The molecule has 1 aliphatic heterocycles. The second-order valence-electron chi connectivity index (χ2n) is 7.37. The Balaban J connectivity index is 0.00000320. The molecule has 0 bridgehead atoms. The summed E-state index contributed by atoms with van der Waals surface area (Å²) in [5.74, 6) is -0.132. The van der Waals surface area contributed by atoms with Crippen LogP contribution in [0.5, 0.6) is 0 Å². The summed E-state index contributed by atoms with van der Waals surface area (Å²) in [6.07, 6.45) is 1.90. The van der Waals surface area contributed by atoms with Crippen molar-refractivity contribution in [2.24, 2.45) is 0 Å². The van der Waals surface area contributed by atoms with Crippen LogP contribution in [0.3, 0.4) is 0 Å². The molecule has 3 rings (SSSR count). The van der Waals surface area contributed by atoms with Crippen LogP contribution in [0.15, 0.2) is 42.5 Å². The first kappa shape index (κ1) is 23.5. The highest BCUT2D eigenvalue weighted by atomic mass is 35.5. The molecule has 162 valence electrons. The maximum absolute atomic E-state index is 13.0. The van der Waals surface area contributed by atoms with Crippen molar-refractivity contribution < 1.29 is 9.59 Å². The topological polar surface area (TPSA) is 78.7 Å². The molecule has 3 N–H and O–H groups in total. The van der Waals surface area contributed by atoms with E-state index in [4.69, 9.17) is 5.73 Å². The molecule has 0 aliphatic carbocycles. The number of anilines is 3. The smallest absolute Gasteiger partial charge is 0.253 e. The molecule has 2 aromatic rings. The van der Waals surface area contributed by atoms with Gasteiger partial charge in [0.1, 0.15) is 6.04 Å². The summed E-state index contributed by atoms with van der Waals surface area (Å²) in [5.41, 5.74) is 10.3. The molecule has 6 nitrogen and oxygen atoms in total. The number of hydrogen-bond acceptors (Lipinski definition) is 4. The molecule has 30 heavy (non-hydrogen) atoms. The van der Waals surface area contributed by atoms with Crippen molar-refractivity contribution in [3.05, 3.63) is 53.6 Å². The van der Waals surface area contributed by atoms with Crippen LogP contribution in [0.4, 0.5) is 17.1 Å². The maximum atomic E-state index is 13.0. The van der Waals surface area contributed by atoms with E-state index in [0.29, 0.717) is 24.3 Å². The van der Waals surface area contributed by atoms with E-state index < -0.39 is 0 Å². The Labute approximate surface area is 184 Å². The van der Waals surface area contributed by atoms with Crippen LogP contribution in [-0.2, 0) is 11.2 Å². The molecule has 0 spiro atoms. The van der Waals surface area contributed by atoms with Crippen LogP contribution in [0, 0.1) is 0 Å². The largest absolute Gasteiger partial charge is 0.398 e. The summed E-state index contributed by atoms with van der Waals surface area (Å²) in [6.45, 7) is 7.93. The zero-order chi connectivity index (χ0) is 21.0. The summed E-state index contributed by atoms with van der Waals surface area (Å²) in [7, 11) is 0. The molecule has 1 aliphatic rings. The standard InChI is InChI=1S/C23H30N4O2.ClH/c1-4-26(5-2)23(29)17-9-6-10-18(15-17)25-22(28)16(3)27-14-8-11-19-20(24)12-7-13-21(19)27;/h6-7,9-10,12-13,15-16H,4-5,8,11,14,24H2,1-3H3,(H,25,28);1H. The van der Waals surface area contributed by atoms with Crippen LogP contribution in [0.25, 0.3) is 0 Å². The van der Waals surface area contributed by atoms with Crippen molar-refractivity contribution in [1.82, 2.24) is 4.90 Å². The van der Waals surface area contributed by atoms with Gasteiger partial charge in [-0.1, -0.05) is 12.1 Å². The zero-order valence-electron chi connectivity index (χ0n) is 17.9. The quantitative estimate of drug-likeness (QED) is 0.680. The number of benzene rings is 2. The Hall–Kier alpha value is -2.73. The van der Waals surface area contributed by atoms with Crippen LogP contribution in [0.2, 0.25) is 0 Å². The molecule has 0 aromatic heterocycles. The van der Waals surface area contributed by atoms with E-state index in [0.717, 1.165) is 36.3 Å².